The van der Waals surface area contributed by atoms with E-state index in [0.717, 1.165) is 5.69 Å². The fraction of sp³-hybridized carbons (Fsp3) is 0.429. The molecule has 6 heteroatoms. The molecule has 0 spiro atoms. The van der Waals surface area contributed by atoms with Gasteiger partial charge in [0.1, 0.15) is 0 Å². The van der Waals surface area contributed by atoms with E-state index in [1.165, 1.54) is 4.90 Å². The number of carbonyl (C=O) groups excluding carboxylic acids is 2. The molecule has 1 rings (SSSR count). The number of anilines is 2. The Hall–Kier alpha value is -2.24. The number of ether oxygens (including phenoxy) is 1. The standard InChI is InChI=1S/C14H21N3O3/c1-5-17(4)13(18)9-20-14(19)10-6-7-12(16(2)3)11(15)8-10/h6-8H,5,9,15H2,1-4H3. The second-order valence-electron chi connectivity index (χ2n) is 4.65. The Kier molecular flexibility index (Phi) is 5.37. The smallest absolute Gasteiger partial charge is 0.338 e. The average Bonchev–Trinajstić information content (AvgIpc) is 2.42. The number of amides is 1. The third-order valence-corrected chi connectivity index (χ3v) is 2.97. The molecule has 0 saturated heterocycles. The van der Waals surface area contributed by atoms with Crippen LogP contribution in [0.3, 0.4) is 0 Å². The van der Waals surface area contributed by atoms with E-state index in [0.29, 0.717) is 17.8 Å². The quantitative estimate of drug-likeness (QED) is 0.642. The van der Waals surface area contributed by atoms with Gasteiger partial charge in [-0.1, -0.05) is 0 Å². The average molecular weight is 279 g/mol. The van der Waals surface area contributed by atoms with Crippen molar-refractivity contribution in [2.75, 3.05) is 44.9 Å². The van der Waals surface area contributed by atoms with Gasteiger partial charge < -0.3 is 20.3 Å². The van der Waals surface area contributed by atoms with E-state index in [1.807, 2.05) is 25.9 Å². The first-order valence-electron chi connectivity index (χ1n) is 6.34. The van der Waals surface area contributed by atoms with Gasteiger partial charge in [-0.3, -0.25) is 4.79 Å². The van der Waals surface area contributed by atoms with Crippen molar-refractivity contribution in [1.29, 1.82) is 0 Å². The minimum atomic E-state index is -0.556. The highest BCUT2D eigenvalue weighted by molar-refractivity contribution is 5.93. The van der Waals surface area contributed by atoms with Crippen LogP contribution >= 0.6 is 0 Å². The van der Waals surface area contributed by atoms with Gasteiger partial charge in [0.05, 0.1) is 16.9 Å². The summed E-state index contributed by atoms with van der Waals surface area (Å²) in [5.74, 6) is -0.793. The van der Waals surface area contributed by atoms with Crippen LogP contribution in [0.5, 0.6) is 0 Å². The van der Waals surface area contributed by atoms with E-state index >= 15 is 0 Å². The van der Waals surface area contributed by atoms with Crippen molar-refractivity contribution in [1.82, 2.24) is 4.90 Å². The van der Waals surface area contributed by atoms with Crippen molar-refractivity contribution in [2.24, 2.45) is 0 Å². The Morgan fingerprint density at radius 2 is 1.90 bits per heavy atom. The third kappa shape index (κ3) is 3.88. The van der Waals surface area contributed by atoms with Crippen LogP contribution in [0.25, 0.3) is 0 Å². The maximum Gasteiger partial charge on any atom is 0.338 e. The number of nitrogens with two attached hydrogens (primary N) is 1. The van der Waals surface area contributed by atoms with E-state index in [9.17, 15) is 9.59 Å². The molecule has 0 radical (unpaired) electrons. The number of esters is 1. The molecule has 0 unspecified atom stereocenters. The van der Waals surface area contributed by atoms with Crippen LogP contribution in [0.2, 0.25) is 0 Å². The lowest BCUT2D eigenvalue weighted by Crippen LogP contribution is -2.30. The summed E-state index contributed by atoms with van der Waals surface area (Å²) in [7, 11) is 5.38. The number of nitrogens with zero attached hydrogens (tertiary/aromatic N) is 2. The molecule has 0 aliphatic rings. The maximum absolute atomic E-state index is 11.8. The van der Waals surface area contributed by atoms with Gasteiger partial charge in [0.15, 0.2) is 6.61 Å². The molecule has 1 aromatic rings. The lowest BCUT2D eigenvalue weighted by atomic mass is 10.1. The topological polar surface area (TPSA) is 75.9 Å². The number of rotatable bonds is 5. The van der Waals surface area contributed by atoms with Crippen LogP contribution in [-0.4, -0.2) is 51.1 Å². The van der Waals surface area contributed by atoms with Crippen molar-refractivity contribution in [3.8, 4) is 0 Å². The molecular weight excluding hydrogens is 258 g/mol. The molecular formula is C14H21N3O3. The predicted octanol–water partition coefficient (Wildman–Crippen LogP) is 0.970. The summed E-state index contributed by atoms with van der Waals surface area (Å²) in [6.07, 6.45) is 0. The van der Waals surface area contributed by atoms with Crippen molar-refractivity contribution in [3.05, 3.63) is 23.8 Å². The Morgan fingerprint density at radius 1 is 1.25 bits per heavy atom. The molecule has 0 heterocycles. The van der Waals surface area contributed by atoms with E-state index < -0.39 is 5.97 Å². The lowest BCUT2D eigenvalue weighted by molar-refractivity contribution is -0.133. The minimum Gasteiger partial charge on any atom is -0.452 e. The van der Waals surface area contributed by atoms with Crippen LogP contribution in [0.15, 0.2) is 18.2 Å². The summed E-state index contributed by atoms with van der Waals surface area (Å²) in [6, 6.07) is 4.92. The lowest BCUT2D eigenvalue weighted by Gasteiger charge is -2.16. The molecule has 0 fully saturated rings. The number of likely N-dealkylation sites (N-methyl/N-ethyl adjacent to an activating group) is 1. The Labute approximate surface area is 119 Å². The largest absolute Gasteiger partial charge is 0.452 e. The Bertz CT molecular complexity index is 500. The van der Waals surface area contributed by atoms with Crippen LogP contribution in [0.4, 0.5) is 11.4 Å². The fourth-order valence-electron chi connectivity index (χ4n) is 1.59. The highest BCUT2D eigenvalue weighted by Crippen LogP contribution is 2.22. The molecule has 1 aromatic carbocycles. The summed E-state index contributed by atoms with van der Waals surface area (Å²) >= 11 is 0. The molecule has 20 heavy (non-hydrogen) atoms. The van der Waals surface area contributed by atoms with Crippen LogP contribution in [-0.2, 0) is 9.53 Å². The van der Waals surface area contributed by atoms with Gasteiger partial charge in [0, 0.05) is 27.7 Å². The first kappa shape index (κ1) is 15.8. The number of carbonyl (C=O) groups is 2. The fourth-order valence-corrected chi connectivity index (χ4v) is 1.59. The van der Waals surface area contributed by atoms with E-state index in [4.69, 9.17) is 10.5 Å². The number of benzene rings is 1. The molecule has 0 saturated carbocycles. The van der Waals surface area contributed by atoms with Crippen molar-refractivity contribution < 1.29 is 14.3 Å². The molecule has 1 amide bonds. The van der Waals surface area contributed by atoms with Gasteiger partial charge in [0.2, 0.25) is 0 Å². The number of hydrogen-bond acceptors (Lipinski definition) is 5. The number of hydrogen-bond donors (Lipinski definition) is 1. The molecule has 2 N–H and O–H groups in total. The van der Waals surface area contributed by atoms with Crippen molar-refractivity contribution in [2.45, 2.75) is 6.92 Å². The molecule has 0 aromatic heterocycles. The molecule has 0 aliphatic carbocycles. The molecule has 110 valence electrons. The van der Waals surface area contributed by atoms with Crippen LogP contribution in [0, 0.1) is 0 Å². The highest BCUT2D eigenvalue weighted by atomic mass is 16.5. The first-order valence-corrected chi connectivity index (χ1v) is 6.34. The van der Waals surface area contributed by atoms with Crippen molar-refractivity contribution >= 4 is 23.3 Å². The second-order valence-corrected chi connectivity index (χ2v) is 4.65. The molecule has 0 atom stereocenters. The minimum absolute atomic E-state index is 0.237. The van der Waals surface area contributed by atoms with Gasteiger partial charge in [-0.2, -0.15) is 0 Å². The van der Waals surface area contributed by atoms with Crippen LogP contribution in [0.1, 0.15) is 17.3 Å². The second kappa shape index (κ2) is 6.79. The summed E-state index contributed by atoms with van der Waals surface area (Å²) in [6.45, 7) is 2.15. The zero-order chi connectivity index (χ0) is 15.3. The maximum atomic E-state index is 11.8. The SMILES string of the molecule is CCN(C)C(=O)COC(=O)c1ccc(N(C)C)c(N)c1. The summed E-state index contributed by atoms with van der Waals surface area (Å²) in [5, 5.41) is 0. The zero-order valence-electron chi connectivity index (χ0n) is 12.3. The molecule has 0 aliphatic heterocycles. The normalized spacial score (nSPS) is 10.0. The van der Waals surface area contributed by atoms with Crippen LogP contribution < -0.4 is 10.6 Å². The van der Waals surface area contributed by atoms with Gasteiger partial charge in [0.25, 0.3) is 5.91 Å². The monoisotopic (exact) mass is 279 g/mol. The highest BCUT2D eigenvalue weighted by Gasteiger charge is 2.14. The Morgan fingerprint density at radius 3 is 2.40 bits per heavy atom. The van der Waals surface area contributed by atoms with Crippen molar-refractivity contribution in [3.63, 3.8) is 0 Å². The van der Waals surface area contributed by atoms with Gasteiger partial charge in [-0.05, 0) is 25.1 Å². The summed E-state index contributed by atoms with van der Waals surface area (Å²) in [4.78, 5) is 26.7. The van der Waals surface area contributed by atoms with E-state index in [-0.39, 0.29) is 12.5 Å². The van der Waals surface area contributed by atoms with E-state index in [1.54, 1.807) is 25.2 Å². The first-order chi connectivity index (χ1) is 9.36. The molecule has 6 nitrogen and oxygen atoms in total. The van der Waals surface area contributed by atoms with Gasteiger partial charge in [-0.25, -0.2) is 4.79 Å². The van der Waals surface area contributed by atoms with E-state index in [2.05, 4.69) is 0 Å². The predicted molar refractivity (Wildman–Crippen MR) is 78.8 cm³/mol. The third-order valence-electron chi connectivity index (χ3n) is 2.97. The summed E-state index contributed by atoms with van der Waals surface area (Å²) < 4.78 is 4.97. The summed E-state index contributed by atoms with van der Waals surface area (Å²) in [5.41, 5.74) is 7.50. The van der Waals surface area contributed by atoms with Gasteiger partial charge >= 0.3 is 5.97 Å². The number of nitrogen functional groups attached to an aromatic ring is 1. The Balaban J connectivity index is 2.69. The van der Waals surface area contributed by atoms with Gasteiger partial charge in [-0.15, -0.1) is 0 Å². The molecule has 0 bridgehead atoms. The zero-order valence-corrected chi connectivity index (χ0v) is 12.3.